The highest BCUT2D eigenvalue weighted by molar-refractivity contribution is 5.89. The van der Waals surface area contributed by atoms with Crippen molar-refractivity contribution in [2.24, 2.45) is 0 Å². The number of nitrogens with zero attached hydrogens (tertiary/aromatic N) is 1. The number of aromatic nitrogens is 1. The van der Waals surface area contributed by atoms with Crippen LogP contribution in [-0.2, 0) is 19.1 Å². The number of esters is 2. The normalized spacial score (nSPS) is 12.4. The van der Waals surface area contributed by atoms with Gasteiger partial charge >= 0.3 is 11.9 Å². The standard InChI is InChI=1S/C15H19NO4/c1-10(14(18)20-15(3,4)5)13(19-11(2)17)12-8-6-7-9-16-12/h6-9,13H,1H2,2-5H3. The molecule has 5 nitrogen and oxygen atoms in total. The first-order valence-electron chi connectivity index (χ1n) is 6.21. The fraction of sp³-hybridized carbons (Fsp3) is 0.400. The molecule has 0 bridgehead atoms. The molecule has 0 spiro atoms. The van der Waals surface area contributed by atoms with E-state index in [9.17, 15) is 9.59 Å². The van der Waals surface area contributed by atoms with Crippen molar-refractivity contribution in [3.05, 3.63) is 42.2 Å². The van der Waals surface area contributed by atoms with Crippen molar-refractivity contribution >= 4 is 11.9 Å². The fourth-order valence-electron chi connectivity index (χ4n) is 1.46. The van der Waals surface area contributed by atoms with Gasteiger partial charge in [-0.2, -0.15) is 0 Å². The molecule has 0 saturated heterocycles. The molecule has 0 aliphatic carbocycles. The Kier molecular flexibility index (Phi) is 5.02. The summed E-state index contributed by atoms with van der Waals surface area (Å²) in [5, 5.41) is 0. The molecule has 0 fully saturated rings. The molecule has 20 heavy (non-hydrogen) atoms. The SMILES string of the molecule is C=C(C(=O)OC(C)(C)C)C(OC(C)=O)c1ccccn1. The highest BCUT2D eigenvalue weighted by atomic mass is 16.6. The van der Waals surface area contributed by atoms with E-state index in [4.69, 9.17) is 9.47 Å². The number of pyridine rings is 1. The lowest BCUT2D eigenvalue weighted by Gasteiger charge is -2.23. The van der Waals surface area contributed by atoms with E-state index in [0.29, 0.717) is 5.69 Å². The first-order chi connectivity index (χ1) is 9.20. The second-order valence-electron chi connectivity index (χ2n) is 5.27. The van der Waals surface area contributed by atoms with E-state index >= 15 is 0 Å². The number of carbonyl (C=O) groups excluding carboxylic acids is 2. The van der Waals surface area contributed by atoms with Crippen LogP contribution in [-0.4, -0.2) is 22.5 Å². The highest BCUT2D eigenvalue weighted by Gasteiger charge is 2.28. The molecule has 108 valence electrons. The van der Waals surface area contributed by atoms with Crippen LogP contribution in [0.25, 0.3) is 0 Å². The van der Waals surface area contributed by atoms with E-state index < -0.39 is 23.6 Å². The Labute approximate surface area is 118 Å². The number of rotatable bonds is 4. The minimum Gasteiger partial charge on any atom is -0.457 e. The van der Waals surface area contributed by atoms with Gasteiger partial charge in [-0.05, 0) is 32.9 Å². The molecule has 1 aromatic rings. The van der Waals surface area contributed by atoms with Crippen LogP contribution in [0.4, 0.5) is 0 Å². The summed E-state index contributed by atoms with van der Waals surface area (Å²) >= 11 is 0. The van der Waals surface area contributed by atoms with E-state index in [1.807, 2.05) is 0 Å². The van der Waals surface area contributed by atoms with Gasteiger partial charge in [-0.3, -0.25) is 9.78 Å². The van der Waals surface area contributed by atoms with Crippen LogP contribution in [0.5, 0.6) is 0 Å². The van der Waals surface area contributed by atoms with Crippen molar-refractivity contribution in [2.45, 2.75) is 39.4 Å². The van der Waals surface area contributed by atoms with Crippen LogP contribution in [0, 0.1) is 0 Å². The van der Waals surface area contributed by atoms with Crippen LogP contribution < -0.4 is 0 Å². The Hall–Kier alpha value is -2.17. The van der Waals surface area contributed by atoms with Crippen LogP contribution in [0.15, 0.2) is 36.5 Å². The first-order valence-corrected chi connectivity index (χ1v) is 6.21. The maximum absolute atomic E-state index is 12.0. The molecule has 0 N–H and O–H groups in total. The molecular weight excluding hydrogens is 258 g/mol. The molecule has 0 aliphatic heterocycles. The zero-order valence-corrected chi connectivity index (χ0v) is 12.2. The molecule has 1 rings (SSSR count). The topological polar surface area (TPSA) is 65.5 Å². The van der Waals surface area contributed by atoms with Crippen molar-refractivity contribution in [2.75, 3.05) is 0 Å². The summed E-state index contributed by atoms with van der Waals surface area (Å²) in [6.07, 6.45) is 0.609. The van der Waals surface area contributed by atoms with Crippen molar-refractivity contribution in [1.29, 1.82) is 0 Å². The van der Waals surface area contributed by atoms with Crippen LogP contribution in [0.2, 0.25) is 0 Å². The minimum absolute atomic E-state index is 0.0359. The van der Waals surface area contributed by atoms with E-state index in [0.717, 1.165) is 0 Å². The Bertz CT molecular complexity index is 502. The van der Waals surface area contributed by atoms with Gasteiger partial charge in [0.05, 0.1) is 11.3 Å². The highest BCUT2D eigenvalue weighted by Crippen LogP contribution is 2.25. The number of carbonyl (C=O) groups is 2. The van der Waals surface area contributed by atoms with Gasteiger partial charge in [-0.25, -0.2) is 4.79 Å². The lowest BCUT2D eigenvalue weighted by atomic mass is 10.1. The third kappa shape index (κ3) is 4.84. The molecule has 1 heterocycles. The fourth-order valence-corrected chi connectivity index (χ4v) is 1.46. The van der Waals surface area contributed by atoms with Gasteiger partial charge in [0, 0.05) is 13.1 Å². The third-order valence-corrected chi connectivity index (χ3v) is 2.22. The van der Waals surface area contributed by atoms with Gasteiger partial charge in [0.25, 0.3) is 0 Å². The lowest BCUT2D eigenvalue weighted by Crippen LogP contribution is -2.27. The second-order valence-corrected chi connectivity index (χ2v) is 5.27. The zero-order valence-electron chi connectivity index (χ0n) is 12.2. The van der Waals surface area contributed by atoms with Gasteiger partial charge in [0.15, 0.2) is 6.10 Å². The number of ether oxygens (including phenoxy) is 2. The minimum atomic E-state index is -0.941. The molecule has 1 unspecified atom stereocenters. The average Bonchev–Trinajstić information content (AvgIpc) is 2.34. The maximum Gasteiger partial charge on any atom is 0.338 e. The van der Waals surface area contributed by atoms with Gasteiger partial charge in [-0.15, -0.1) is 0 Å². The third-order valence-electron chi connectivity index (χ3n) is 2.22. The lowest BCUT2D eigenvalue weighted by molar-refractivity contribution is -0.154. The largest absolute Gasteiger partial charge is 0.457 e. The Balaban J connectivity index is 2.97. The summed E-state index contributed by atoms with van der Waals surface area (Å²) in [5.74, 6) is -1.14. The molecule has 0 amide bonds. The summed E-state index contributed by atoms with van der Waals surface area (Å²) in [4.78, 5) is 27.3. The molecular formula is C15H19NO4. The summed E-state index contributed by atoms with van der Waals surface area (Å²) < 4.78 is 10.4. The van der Waals surface area contributed by atoms with Crippen LogP contribution >= 0.6 is 0 Å². The van der Waals surface area contributed by atoms with Crippen LogP contribution in [0.3, 0.4) is 0 Å². The number of hydrogen-bond donors (Lipinski definition) is 0. The molecule has 1 atom stereocenters. The molecule has 0 saturated carbocycles. The molecule has 0 aromatic carbocycles. The van der Waals surface area contributed by atoms with Crippen molar-refractivity contribution < 1.29 is 19.1 Å². The first kappa shape index (κ1) is 15.9. The Morgan fingerprint density at radius 1 is 1.30 bits per heavy atom. The van der Waals surface area contributed by atoms with Crippen LogP contribution in [0.1, 0.15) is 39.5 Å². The van der Waals surface area contributed by atoms with E-state index in [1.54, 1.807) is 45.2 Å². The predicted octanol–water partition coefficient (Wildman–Crippen LogP) is 2.58. The van der Waals surface area contributed by atoms with Gasteiger partial charge in [0.1, 0.15) is 5.60 Å². The number of hydrogen-bond acceptors (Lipinski definition) is 5. The second kappa shape index (κ2) is 6.32. The predicted molar refractivity (Wildman–Crippen MR) is 73.7 cm³/mol. The van der Waals surface area contributed by atoms with Gasteiger partial charge in [0.2, 0.25) is 0 Å². The smallest absolute Gasteiger partial charge is 0.338 e. The van der Waals surface area contributed by atoms with E-state index in [1.165, 1.54) is 6.92 Å². The summed E-state index contributed by atoms with van der Waals surface area (Å²) in [6.45, 7) is 10.2. The quantitative estimate of drug-likeness (QED) is 0.625. The molecule has 1 aromatic heterocycles. The summed E-state index contributed by atoms with van der Waals surface area (Å²) in [5.41, 5.74) is -0.183. The van der Waals surface area contributed by atoms with Crippen molar-refractivity contribution in [3.63, 3.8) is 0 Å². The van der Waals surface area contributed by atoms with Crippen molar-refractivity contribution in [1.82, 2.24) is 4.98 Å². The Morgan fingerprint density at radius 3 is 2.40 bits per heavy atom. The molecule has 0 aliphatic rings. The maximum atomic E-state index is 12.0. The van der Waals surface area contributed by atoms with Gasteiger partial charge < -0.3 is 9.47 Å². The van der Waals surface area contributed by atoms with E-state index in [-0.39, 0.29) is 5.57 Å². The van der Waals surface area contributed by atoms with Gasteiger partial charge in [-0.1, -0.05) is 12.6 Å². The summed E-state index contributed by atoms with van der Waals surface area (Å²) in [6, 6.07) is 5.12. The monoisotopic (exact) mass is 277 g/mol. The summed E-state index contributed by atoms with van der Waals surface area (Å²) in [7, 11) is 0. The average molecular weight is 277 g/mol. The Morgan fingerprint density at radius 2 is 1.95 bits per heavy atom. The van der Waals surface area contributed by atoms with E-state index in [2.05, 4.69) is 11.6 Å². The zero-order chi connectivity index (χ0) is 15.3. The van der Waals surface area contributed by atoms with Crippen molar-refractivity contribution in [3.8, 4) is 0 Å². The molecule has 5 heteroatoms. The molecule has 0 radical (unpaired) electrons.